The lowest BCUT2D eigenvalue weighted by molar-refractivity contribution is -0.121. The van der Waals surface area contributed by atoms with E-state index in [9.17, 15) is 9.59 Å². The van der Waals surface area contributed by atoms with Crippen LogP contribution in [0.5, 0.6) is 0 Å². The fraction of sp³-hybridized carbons (Fsp3) is 0.632. The predicted molar refractivity (Wildman–Crippen MR) is 109 cm³/mol. The minimum atomic E-state index is -0.314. The van der Waals surface area contributed by atoms with Crippen molar-refractivity contribution in [3.8, 4) is 0 Å². The smallest absolute Gasteiger partial charge is 0.263 e. The van der Waals surface area contributed by atoms with Crippen LogP contribution in [-0.4, -0.2) is 26.2 Å². The maximum absolute atomic E-state index is 13.1. The maximum atomic E-state index is 13.1. The standard InChI is InChI=1S/C19H27N3O2S2/c1-6-22-17(24)14-12-9-7-8-10-13(12)26-16(14)20-18(22)25-11(2)15(23)21-19(3,4)5/h11H,6-10H2,1-5H3,(H,21,23)/t11-/m1/s1. The second-order valence-electron chi connectivity index (χ2n) is 7.83. The number of carbonyl (C=O) groups is 1. The van der Waals surface area contributed by atoms with Crippen LogP contribution in [0.3, 0.4) is 0 Å². The van der Waals surface area contributed by atoms with Gasteiger partial charge in [0.05, 0.1) is 10.6 Å². The second-order valence-corrected chi connectivity index (χ2v) is 10.2. The van der Waals surface area contributed by atoms with Crippen molar-refractivity contribution < 1.29 is 4.79 Å². The Labute approximate surface area is 162 Å². The molecule has 1 atom stereocenters. The third kappa shape index (κ3) is 3.83. The van der Waals surface area contributed by atoms with E-state index in [-0.39, 0.29) is 22.3 Å². The number of aromatic nitrogens is 2. The zero-order chi connectivity index (χ0) is 19.1. The van der Waals surface area contributed by atoms with E-state index in [1.54, 1.807) is 15.9 Å². The molecule has 7 heteroatoms. The number of thioether (sulfide) groups is 1. The molecular weight excluding hydrogens is 366 g/mol. The topological polar surface area (TPSA) is 64.0 Å². The Hall–Kier alpha value is -1.34. The quantitative estimate of drug-likeness (QED) is 0.635. The molecule has 142 valence electrons. The summed E-state index contributed by atoms with van der Waals surface area (Å²) in [5, 5.41) is 4.13. The largest absolute Gasteiger partial charge is 0.351 e. The number of nitrogens with one attached hydrogen (secondary N) is 1. The molecule has 5 nitrogen and oxygen atoms in total. The van der Waals surface area contributed by atoms with Gasteiger partial charge < -0.3 is 5.32 Å². The molecule has 1 amide bonds. The number of fused-ring (bicyclic) bond motifs is 3. The van der Waals surface area contributed by atoms with Crippen LogP contribution in [0.15, 0.2) is 9.95 Å². The fourth-order valence-corrected chi connectivity index (χ4v) is 5.55. The van der Waals surface area contributed by atoms with Crippen molar-refractivity contribution in [3.05, 3.63) is 20.8 Å². The molecule has 0 fully saturated rings. The van der Waals surface area contributed by atoms with Crippen LogP contribution in [-0.2, 0) is 24.2 Å². The Balaban J connectivity index is 1.98. The van der Waals surface area contributed by atoms with Gasteiger partial charge in [-0.15, -0.1) is 11.3 Å². The van der Waals surface area contributed by atoms with Gasteiger partial charge in [-0.05, 0) is 65.9 Å². The molecule has 3 rings (SSSR count). The van der Waals surface area contributed by atoms with Crippen LogP contribution in [0, 0.1) is 0 Å². The van der Waals surface area contributed by atoms with Gasteiger partial charge >= 0.3 is 0 Å². The molecule has 1 N–H and O–H groups in total. The average Bonchev–Trinajstić information content (AvgIpc) is 2.91. The van der Waals surface area contributed by atoms with E-state index in [2.05, 4.69) is 5.32 Å². The summed E-state index contributed by atoms with van der Waals surface area (Å²) < 4.78 is 1.72. The number of aryl methyl sites for hydroxylation is 2. The van der Waals surface area contributed by atoms with Crippen molar-refractivity contribution in [3.63, 3.8) is 0 Å². The highest BCUT2D eigenvalue weighted by molar-refractivity contribution is 8.00. The summed E-state index contributed by atoms with van der Waals surface area (Å²) in [7, 11) is 0. The molecule has 0 saturated carbocycles. The zero-order valence-corrected chi connectivity index (χ0v) is 17.8. The van der Waals surface area contributed by atoms with Gasteiger partial charge in [-0.1, -0.05) is 11.8 Å². The Morgan fingerprint density at radius 2 is 2.04 bits per heavy atom. The third-order valence-electron chi connectivity index (χ3n) is 4.51. The van der Waals surface area contributed by atoms with E-state index < -0.39 is 0 Å². The molecule has 0 saturated heterocycles. The zero-order valence-electron chi connectivity index (χ0n) is 16.1. The SMILES string of the molecule is CCn1c(S[C@H](C)C(=O)NC(C)(C)C)nc2sc3c(c2c1=O)CCCC3. The second kappa shape index (κ2) is 7.35. The first-order valence-electron chi connectivity index (χ1n) is 9.25. The minimum Gasteiger partial charge on any atom is -0.351 e. The molecule has 26 heavy (non-hydrogen) atoms. The van der Waals surface area contributed by atoms with Crippen molar-refractivity contribution in [2.24, 2.45) is 0 Å². The highest BCUT2D eigenvalue weighted by atomic mass is 32.2. The normalized spacial score (nSPS) is 15.7. The van der Waals surface area contributed by atoms with Gasteiger partial charge in [0.1, 0.15) is 4.83 Å². The number of rotatable bonds is 4. The number of nitrogens with zero attached hydrogens (tertiary/aromatic N) is 2. The van der Waals surface area contributed by atoms with Gasteiger partial charge in [0.2, 0.25) is 5.91 Å². The molecule has 0 aromatic carbocycles. The molecule has 0 radical (unpaired) electrons. The average molecular weight is 394 g/mol. The van der Waals surface area contributed by atoms with Crippen molar-refractivity contribution in [1.82, 2.24) is 14.9 Å². The summed E-state index contributed by atoms with van der Waals surface area (Å²) in [6.45, 7) is 10.3. The van der Waals surface area contributed by atoms with Crippen LogP contribution in [0.1, 0.15) is 57.9 Å². The van der Waals surface area contributed by atoms with E-state index in [1.807, 2.05) is 34.6 Å². The highest BCUT2D eigenvalue weighted by Crippen LogP contribution is 2.35. The van der Waals surface area contributed by atoms with E-state index in [1.165, 1.54) is 28.6 Å². The predicted octanol–water partition coefficient (Wildman–Crippen LogP) is 3.75. The van der Waals surface area contributed by atoms with Gasteiger partial charge in [0.15, 0.2) is 5.16 Å². The molecule has 0 unspecified atom stereocenters. The van der Waals surface area contributed by atoms with E-state index >= 15 is 0 Å². The first-order valence-corrected chi connectivity index (χ1v) is 10.9. The van der Waals surface area contributed by atoms with Gasteiger partial charge in [0.25, 0.3) is 5.56 Å². The lowest BCUT2D eigenvalue weighted by Crippen LogP contribution is -2.44. The summed E-state index contributed by atoms with van der Waals surface area (Å²) in [6.07, 6.45) is 4.36. The molecule has 1 aliphatic rings. The number of hydrogen-bond donors (Lipinski definition) is 1. The van der Waals surface area contributed by atoms with Crippen LogP contribution < -0.4 is 10.9 Å². The molecule has 1 aliphatic carbocycles. The van der Waals surface area contributed by atoms with E-state index in [0.29, 0.717) is 11.7 Å². The maximum Gasteiger partial charge on any atom is 0.263 e. The van der Waals surface area contributed by atoms with Crippen molar-refractivity contribution in [2.75, 3.05) is 0 Å². The van der Waals surface area contributed by atoms with E-state index in [4.69, 9.17) is 4.98 Å². The van der Waals surface area contributed by atoms with Gasteiger partial charge in [-0.2, -0.15) is 0 Å². The van der Waals surface area contributed by atoms with E-state index in [0.717, 1.165) is 29.5 Å². The third-order valence-corrected chi connectivity index (χ3v) is 6.78. The Bertz CT molecular complexity index is 893. The molecule has 2 aromatic heterocycles. The van der Waals surface area contributed by atoms with Gasteiger partial charge in [-0.3, -0.25) is 14.2 Å². The summed E-state index contributed by atoms with van der Waals surface area (Å²) in [5.74, 6) is -0.0371. The van der Waals surface area contributed by atoms with Crippen LogP contribution in [0.25, 0.3) is 10.2 Å². The van der Waals surface area contributed by atoms with Crippen molar-refractivity contribution in [1.29, 1.82) is 0 Å². The molecule has 0 aliphatic heterocycles. The summed E-state index contributed by atoms with van der Waals surface area (Å²) in [5.41, 5.74) is 0.981. The minimum absolute atomic E-state index is 0.0371. The van der Waals surface area contributed by atoms with Crippen LogP contribution in [0.2, 0.25) is 0 Å². The number of thiophene rings is 1. The number of carbonyl (C=O) groups excluding carboxylic acids is 1. The summed E-state index contributed by atoms with van der Waals surface area (Å²) in [4.78, 5) is 32.5. The van der Waals surface area contributed by atoms with Crippen LogP contribution in [0.4, 0.5) is 0 Å². The number of hydrogen-bond acceptors (Lipinski definition) is 5. The monoisotopic (exact) mass is 393 g/mol. The summed E-state index contributed by atoms with van der Waals surface area (Å²) in [6, 6.07) is 0. The molecule has 2 heterocycles. The number of amides is 1. The Morgan fingerprint density at radius 3 is 2.69 bits per heavy atom. The Kier molecular flexibility index (Phi) is 5.49. The lowest BCUT2D eigenvalue weighted by atomic mass is 9.97. The van der Waals surface area contributed by atoms with Crippen molar-refractivity contribution >= 4 is 39.2 Å². The lowest BCUT2D eigenvalue weighted by Gasteiger charge is -2.23. The highest BCUT2D eigenvalue weighted by Gasteiger charge is 2.25. The van der Waals surface area contributed by atoms with Crippen molar-refractivity contribution in [2.45, 2.75) is 82.8 Å². The summed E-state index contributed by atoms with van der Waals surface area (Å²) >= 11 is 3.02. The Morgan fingerprint density at radius 1 is 1.35 bits per heavy atom. The first kappa shape index (κ1) is 19.4. The van der Waals surface area contributed by atoms with Gasteiger partial charge in [-0.25, -0.2) is 4.98 Å². The first-order chi connectivity index (χ1) is 12.2. The van der Waals surface area contributed by atoms with Crippen LogP contribution >= 0.6 is 23.1 Å². The van der Waals surface area contributed by atoms with Gasteiger partial charge in [0, 0.05) is 17.0 Å². The fourth-order valence-electron chi connectivity index (χ4n) is 3.27. The molecule has 2 aromatic rings. The molecular formula is C19H27N3O2S2. The molecule has 0 bridgehead atoms. The molecule has 0 spiro atoms.